The molecule has 0 bridgehead atoms. The highest BCUT2D eigenvalue weighted by atomic mass is 32.2. The lowest BCUT2D eigenvalue weighted by Gasteiger charge is -2.13. The van der Waals surface area contributed by atoms with E-state index in [1.807, 2.05) is 30.4 Å². The fourth-order valence-electron chi connectivity index (χ4n) is 3.26. The molecule has 0 radical (unpaired) electrons. The zero-order valence-corrected chi connectivity index (χ0v) is 20.4. The molecule has 9 heteroatoms. The molecule has 0 saturated carbocycles. The van der Waals surface area contributed by atoms with E-state index in [4.69, 9.17) is 23.7 Å². The third kappa shape index (κ3) is 5.55. The van der Waals surface area contributed by atoms with E-state index in [1.54, 1.807) is 45.6 Å². The van der Waals surface area contributed by atoms with E-state index in [0.29, 0.717) is 34.4 Å². The summed E-state index contributed by atoms with van der Waals surface area (Å²) < 4.78 is 55.0. The monoisotopic (exact) mass is 485 g/mol. The minimum absolute atomic E-state index is 0.105. The van der Waals surface area contributed by atoms with Crippen molar-refractivity contribution in [3.63, 3.8) is 0 Å². The zero-order valence-electron chi connectivity index (χ0n) is 19.6. The Morgan fingerprint density at radius 1 is 0.647 bits per heavy atom. The van der Waals surface area contributed by atoms with Gasteiger partial charge in [-0.05, 0) is 59.7 Å². The van der Waals surface area contributed by atoms with Gasteiger partial charge < -0.3 is 23.7 Å². The normalized spacial score (nSPS) is 11.2. The summed E-state index contributed by atoms with van der Waals surface area (Å²) in [5, 5.41) is 0. The number of sulfonamides is 1. The van der Waals surface area contributed by atoms with E-state index in [2.05, 4.69) is 4.72 Å². The second-order valence-corrected chi connectivity index (χ2v) is 8.72. The van der Waals surface area contributed by atoms with Crippen LogP contribution in [0.5, 0.6) is 28.7 Å². The van der Waals surface area contributed by atoms with E-state index < -0.39 is 10.0 Å². The van der Waals surface area contributed by atoms with Gasteiger partial charge in [-0.25, -0.2) is 8.42 Å². The number of hydrogen-bond donors (Lipinski definition) is 1. The highest BCUT2D eigenvalue weighted by Gasteiger charge is 2.17. The molecule has 0 amide bonds. The van der Waals surface area contributed by atoms with Crippen LogP contribution in [0.25, 0.3) is 12.2 Å². The van der Waals surface area contributed by atoms with Gasteiger partial charge in [-0.3, -0.25) is 4.72 Å². The van der Waals surface area contributed by atoms with Crippen molar-refractivity contribution in [2.45, 2.75) is 4.90 Å². The highest BCUT2D eigenvalue weighted by Crippen LogP contribution is 2.38. The van der Waals surface area contributed by atoms with Crippen LogP contribution in [0.3, 0.4) is 0 Å². The number of ether oxygens (including phenoxy) is 5. The molecule has 0 aliphatic carbocycles. The summed E-state index contributed by atoms with van der Waals surface area (Å²) in [4.78, 5) is 0.105. The Kier molecular flexibility index (Phi) is 7.91. The maximum Gasteiger partial charge on any atom is 0.262 e. The van der Waals surface area contributed by atoms with Crippen LogP contribution in [0.1, 0.15) is 11.1 Å². The average Bonchev–Trinajstić information content (AvgIpc) is 2.86. The van der Waals surface area contributed by atoms with Crippen molar-refractivity contribution in [3.05, 3.63) is 65.7 Å². The fourth-order valence-corrected chi connectivity index (χ4v) is 4.32. The summed E-state index contributed by atoms with van der Waals surface area (Å²) in [5.41, 5.74) is 1.87. The van der Waals surface area contributed by atoms with Crippen molar-refractivity contribution in [2.75, 3.05) is 40.3 Å². The summed E-state index contributed by atoms with van der Waals surface area (Å²) in [7, 11) is 3.80. The van der Waals surface area contributed by atoms with Crippen LogP contribution >= 0.6 is 0 Å². The van der Waals surface area contributed by atoms with E-state index in [9.17, 15) is 8.42 Å². The minimum Gasteiger partial charge on any atom is -0.497 e. The molecule has 0 aliphatic heterocycles. The van der Waals surface area contributed by atoms with Gasteiger partial charge in [-0.15, -0.1) is 0 Å². The van der Waals surface area contributed by atoms with Gasteiger partial charge >= 0.3 is 0 Å². The van der Waals surface area contributed by atoms with Gasteiger partial charge in [0.1, 0.15) is 11.5 Å². The van der Waals surface area contributed by atoms with Gasteiger partial charge in [0, 0.05) is 0 Å². The molecule has 0 atom stereocenters. The number of rotatable bonds is 10. The highest BCUT2D eigenvalue weighted by molar-refractivity contribution is 7.92. The van der Waals surface area contributed by atoms with E-state index >= 15 is 0 Å². The van der Waals surface area contributed by atoms with Crippen LogP contribution in [0.4, 0.5) is 5.69 Å². The number of nitrogens with one attached hydrogen (secondary N) is 1. The summed E-state index contributed by atoms with van der Waals surface area (Å²) in [5.74, 6) is 2.52. The molecular formula is C25H27NO7S. The van der Waals surface area contributed by atoms with Crippen molar-refractivity contribution in [2.24, 2.45) is 0 Å². The van der Waals surface area contributed by atoms with E-state index in [-0.39, 0.29) is 4.90 Å². The number of hydrogen-bond acceptors (Lipinski definition) is 7. The second kappa shape index (κ2) is 10.8. The molecule has 1 N–H and O–H groups in total. The van der Waals surface area contributed by atoms with Crippen LogP contribution in [-0.4, -0.2) is 44.0 Å². The van der Waals surface area contributed by atoms with Gasteiger partial charge in [0.05, 0.1) is 46.1 Å². The molecular weight excluding hydrogens is 458 g/mol. The van der Waals surface area contributed by atoms with Gasteiger partial charge in [-0.2, -0.15) is 0 Å². The van der Waals surface area contributed by atoms with Crippen LogP contribution in [0.2, 0.25) is 0 Å². The predicted octanol–water partition coefficient (Wildman–Crippen LogP) is 4.70. The Morgan fingerprint density at radius 3 is 1.76 bits per heavy atom. The molecule has 0 unspecified atom stereocenters. The van der Waals surface area contributed by atoms with Crippen molar-refractivity contribution in [1.29, 1.82) is 0 Å². The van der Waals surface area contributed by atoms with Crippen molar-refractivity contribution >= 4 is 27.9 Å². The topological polar surface area (TPSA) is 92.3 Å². The van der Waals surface area contributed by atoms with Gasteiger partial charge in [0.15, 0.2) is 11.5 Å². The zero-order chi connectivity index (χ0) is 24.7. The first-order valence-electron chi connectivity index (χ1n) is 10.2. The van der Waals surface area contributed by atoms with Crippen LogP contribution < -0.4 is 28.4 Å². The Labute approximate surface area is 199 Å². The van der Waals surface area contributed by atoms with Gasteiger partial charge in [0.25, 0.3) is 10.0 Å². The second-order valence-electron chi connectivity index (χ2n) is 7.03. The molecule has 34 heavy (non-hydrogen) atoms. The SMILES string of the molecule is COc1ccc(S(=O)(=O)Nc2cc(/C=C\c3cc(OC)c(OC)c(OC)c3)ccc2OC)cc1. The standard InChI is InChI=1S/C25H27NO7S/c1-29-19-9-11-20(12-10-19)34(27,28)26-21-14-17(8-13-22(21)30-2)6-7-18-15-23(31-3)25(33-5)24(16-18)32-4/h6-16,26H,1-5H3/b7-6-. The molecule has 0 heterocycles. The first-order chi connectivity index (χ1) is 16.3. The van der Waals surface area contributed by atoms with Gasteiger partial charge in [0.2, 0.25) is 5.75 Å². The first-order valence-corrected chi connectivity index (χ1v) is 11.7. The van der Waals surface area contributed by atoms with E-state index in [0.717, 1.165) is 11.1 Å². The summed E-state index contributed by atoms with van der Waals surface area (Å²) >= 11 is 0. The van der Waals surface area contributed by atoms with Gasteiger partial charge in [-0.1, -0.05) is 18.2 Å². The largest absolute Gasteiger partial charge is 0.497 e. The third-order valence-electron chi connectivity index (χ3n) is 4.99. The molecule has 3 aromatic carbocycles. The van der Waals surface area contributed by atoms with Crippen LogP contribution in [0.15, 0.2) is 59.5 Å². The Morgan fingerprint density at radius 2 is 1.24 bits per heavy atom. The van der Waals surface area contributed by atoms with Crippen molar-refractivity contribution < 1.29 is 32.1 Å². The maximum atomic E-state index is 12.9. The molecule has 0 spiro atoms. The predicted molar refractivity (Wildman–Crippen MR) is 132 cm³/mol. The van der Waals surface area contributed by atoms with E-state index in [1.165, 1.54) is 26.4 Å². The summed E-state index contributed by atoms with van der Waals surface area (Å²) in [6.45, 7) is 0. The molecule has 180 valence electrons. The molecule has 0 saturated heterocycles. The summed E-state index contributed by atoms with van der Waals surface area (Å²) in [6.07, 6.45) is 3.69. The molecule has 3 rings (SSSR count). The lowest BCUT2D eigenvalue weighted by atomic mass is 10.1. The quantitative estimate of drug-likeness (QED) is 0.416. The first kappa shape index (κ1) is 24.8. The van der Waals surface area contributed by atoms with Crippen molar-refractivity contribution in [3.8, 4) is 28.7 Å². The molecule has 0 fully saturated rings. The average molecular weight is 486 g/mol. The molecule has 8 nitrogen and oxygen atoms in total. The Bertz CT molecular complexity index is 1240. The number of benzene rings is 3. The lowest BCUT2D eigenvalue weighted by Crippen LogP contribution is -2.13. The number of anilines is 1. The van der Waals surface area contributed by atoms with Crippen LogP contribution in [0, 0.1) is 0 Å². The Balaban J connectivity index is 1.91. The molecule has 0 aromatic heterocycles. The Hall–Kier alpha value is -3.85. The smallest absolute Gasteiger partial charge is 0.262 e. The molecule has 0 aliphatic rings. The van der Waals surface area contributed by atoms with Crippen LogP contribution in [-0.2, 0) is 10.0 Å². The third-order valence-corrected chi connectivity index (χ3v) is 6.37. The number of methoxy groups -OCH3 is 5. The molecule has 3 aromatic rings. The van der Waals surface area contributed by atoms with Crippen molar-refractivity contribution in [1.82, 2.24) is 0 Å². The lowest BCUT2D eigenvalue weighted by molar-refractivity contribution is 0.324. The summed E-state index contributed by atoms with van der Waals surface area (Å²) in [6, 6.07) is 14.9. The minimum atomic E-state index is -3.84. The maximum absolute atomic E-state index is 12.9. The fraction of sp³-hybridized carbons (Fsp3) is 0.200.